The topological polar surface area (TPSA) is 74.7 Å². The van der Waals surface area contributed by atoms with Crippen LogP contribution in [0.1, 0.15) is 22.8 Å². The minimum Gasteiger partial charge on any atom is -0.478 e. The zero-order valence-corrected chi connectivity index (χ0v) is 10.8. The molecule has 1 aromatic rings. The van der Waals surface area contributed by atoms with E-state index in [4.69, 9.17) is 5.11 Å². The summed E-state index contributed by atoms with van der Waals surface area (Å²) in [6, 6.07) is 4.25. The van der Waals surface area contributed by atoms with E-state index in [-0.39, 0.29) is 16.0 Å². The fourth-order valence-electron chi connectivity index (χ4n) is 1.46. The van der Waals surface area contributed by atoms with Gasteiger partial charge in [0.25, 0.3) is 0 Å². The highest BCUT2D eigenvalue weighted by Gasteiger charge is 2.23. The quantitative estimate of drug-likeness (QED) is 0.883. The number of benzene rings is 1. The van der Waals surface area contributed by atoms with Crippen molar-refractivity contribution >= 4 is 16.0 Å². The van der Waals surface area contributed by atoms with Crippen LogP contribution in [0.15, 0.2) is 23.1 Å². The maximum Gasteiger partial charge on any atom is 0.335 e. The molecule has 0 aliphatic heterocycles. The maximum absolute atomic E-state index is 12.1. The van der Waals surface area contributed by atoms with Gasteiger partial charge in [-0.15, -0.1) is 0 Å². The van der Waals surface area contributed by atoms with Crippen LogP contribution in [0, 0.1) is 6.92 Å². The molecular weight excluding hydrogens is 242 g/mol. The van der Waals surface area contributed by atoms with E-state index in [1.807, 2.05) is 0 Å². The summed E-state index contributed by atoms with van der Waals surface area (Å²) in [6.45, 7) is 3.55. The molecule has 0 saturated heterocycles. The standard InChI is InChI=1S/C11H15NO4S/c1-4-12(3)17(15,16)10-7-5-6-9(8(10)2)11(13)14/h5-7H,4H2,1-3H3,(H,13,14). The number of rotatable bonds is 4. The first-order valence-electron chi connectivity index (χ1n) is 5.11. The molecule has 0 unspecified atom stereocenters. The average Bonchev–Trinajstić information content (AvgIpc) is 2.27. The Morgan fingerprint density at radius 3 is 2.47 bits per heavy atom. The average molecular weight is 257 g/mol. The lowest BCUT2D eigenvalue weighted by Crippen LogP contribution is -2.27. The van der Waals surface area contributed by atoms with E-state index in [1.165, 1.54) is 36.5 Å². The number of carboxylic acids is 1. The number of hydrogen-bond donors (Lipinski definition) is 1. The third-order valence-corrected chi connectivity index (χ3v) is 4.72. The molecule has 0 aliphatic rings. The predicted octanol–water partition coefficient (Wildman–Crippen LogP) is 1.33. The second kappa shape index (κ2) is 4.85. The molecule has 1 N–H and O–H groups in total. The molecule has 17 heavy (non-hydrogen) atoms. The Hall–Kier alpha value is -1.40. The molecule has 0 heterocycles. The third kappa shape index (κ3) is 2.48. The monoisotopic (exact) mass is 257 g/mol. The van der Waals surface area contributed by atoms with Gasteiger partial charge in [-0.05, 0) is 24.6 Å². The normalized spacial score (nSPS) is 11.8. The van der Waals surface area contributed by atoms with Gasteiger partial charge in [0.1, 0.15) is 0 Å². The molecule has 0 radical (unpaired) electrons. The zero-order chi connectivity index (χ0) is 13.2. The summed E-state index contributed by atoms with van der Waals surface area (Å²) in [5.41, 5.74) is 0.274. The lowest BCUT2D eigenvalue weighted by molar-refractivity contribution is 0.0696. The number of hydrogen-bond acceptors (Lipinski definition) is 3. The number of carbonyl (C=O) groups is 1. The van der Waals surface area contributed by atoms with Crippen LogP contribution < -0.4 is 0 Å². The summed E-state index contributed by atoms with van der Waals surface area (Å²) in [7, 11) is -2.15. The Kier molecular flexibility index (Phi) is 3.90. The van der Waals surface area contributed by atoms with E-state index in [9.17, 15) is 13.2 Å². The molecule has 0 spiro atoms. The lowest BCUT2D eigenvalue weighted by atomic mass is 10.1. The molecule has 0 fully saturated rings. The van der Waals surface area contributed by atoms with Crippen molar-refractivity contribution in [2.24, 2.45) is 0 Å². The second-order valence-corrected chi connectivity index (χ2v) is 5.67. The van der Waals surface area contributed by atoms with E-state index >= 15 is 0 Å². The summed E-state index contributed by atoms with van der Waals surface area (Å²) >= 11 is 0. The van der Waals surface area contributed by atoms with E-state index in [0.29, 0.717) is 6.54 Å². The Morgan fingerprint density at radius 2 is 2.00 bits per heavy atom. The van der Waals surface area contributed by atoms with Gasteiger partial charge in [0.05, 0.1) is 10.5 Å². The Morgan fingerprint density at radius 1 is 1.41 bits per heavy atom. The van der Waals surface area contributed by atoms with Crippen molar-refractivity contribution in [3.05, 3.63) is 29.3 Å². The number of aromatic carboxylic acids is 1. The van der Waals surface area contributed by atoms with Crippen molar-refractivity contribution in [1.29, 1.82) is 0 Å². The molecule has 0 saturated carbocycles. The maximum atomic E-state index is 12.1. The van der Waals surface area contributed by atoms with Gasteiger partial charge in [0, 0.05) is 13.6 Å². The molecule has 0 bridgehead atoms. The van der Waals surface area contributed by atoms with E-state index in [0.717, 1.165) is 0 Å². The fraction of sp³-hybridized carbons (Fsp3) is 0.364. The number of sulfonamides is 1. The summed E-state index contributed by atoms with van der Waals surface area (Å²) in [5.74, 6) is -1.13. The third-order valence-electron chi connectivity index (χ3n) is 2.65. The van der Waals surface area contributed by atoms with Crippen LogP contribution in [0.4, 0.5) is 0 Å². The van der Waals surface area contributed by atoms with Crippen LogP contribution in [-0.2, 0) is 10.0 Å². The molecule has 0 aliphatic carbocycles. The fourth-order valence-corrected chi connectivity index (χ4v) is 2.89. The van der Waals surface area contributed by atoms with Crippen molar-refractivity contribution in [3.63, 3.8) is 0 Å². The first kappa shape index (κ1) is 13.7. The van der Waals surface area contributed by atoms with Crippen molar-refractivity contribution in [2.45, 2.75) is 18.7 Å². The summed E-state index contributed by atoms with van der Waals surface area (Å²) < 4.78 is 25.4. The highest BCUT2D eigenvalue weighted by atomic mass is 32.2. The van der Waals surface area contributed by atoms with Crippen LogP contribution in [0.2, 0.25) is 0 Å². The number of nitrogens with zero attached hydrogens (tertiary/aromatic N) is 1. The van der Waals surface area contributed by atoms with Gasteiger partial charge in [0.2, 0.25) is 10.0 Å². The van der Waals surface area contributed by atoms with Crippen LogP contribution in [0.25, 0.3) is 0 Å². The van der Waals surface area contributed by atoms with Gasteiger partial charge in [-0.3, -0.25) is 0 Å². The van der Waals surface area contributed by atoms with Crippen LogP contribution in [0.5, 0.6) is 0 Å². The highest BCUT2D eigenvalue weighted by molar-refractivity contribution is 7.89. The molecule has 0 atom stereocenters. The minimum atomic E-state index is -3.61. The number of carboxylic acid groups (broad SMARTS) is 1. The lowest BCUT2D eigenvalue weighted by Gasteiger charge is -2.17. The Balaban J connectivity index is 3.44. The van der Waals surface area contributed by atoms with E-state index < -0.39 is 16.0 Å². The predicted molar refractivity (Wildman–Crippen MR) is 63.6 cm³/mol. The molecule has 6 heteroatoms. The molecule has 94 valence electrons. The van der Waals surface area contributed by atoms with E-state index in [2.05, 4.69) is 0 Å². The van der Waals surface area contributed by atoms with Gasteiger partial charge in [0.15, 0.2) is 0 Å². The molecule has 5 nitrogen and oxygen atoms in total. The Labute approximate surface area is 101 Å². The summed E-state index contributed by atoms with van der Waals surface area (Å²) in [5, 5.41) is 8.94. The van der Waals surface area contributed by atoms with Crippen LogP contribution in [-0.4, -0.2) is 37.4 Å². The van der Waals surface area contributed by atoms with Gasteiger partial charge in [-0.25, -0.2) is 17.5 Å². The smallest absolute Gasteiger partial charge is 0.335 e. The minimum absolute atomic E-state index is 0.00979. The van der Waals surface area contributed by atoms with Gasteiger partial charge in [-0.2, -0.15) is 0 Å². The van der Waals surface area contributed by atoms with Crippen molar-refractivity contribution < 1.29 is 18.3 Å². The van der Waals surface area contributed by atoms with Crippen molar-refractivity contribution in [1.82, 2.24) is 4.31 Å². The SMILES string of the molecule is CCN(C)S(=O)(=O)c1cccc(C(=O)O)c1C. The zero-order valence-electron chi connectivity index (χ0n) is 9.97. The molecule has 0 amide bonds. The largest absolute Gasteiger partial charge is 0.478 e. The van der Waals surface area contributed by atoms with Gasteiger partial charge >= 0.3 is 5.97 Å². The first-order chi connectivity index (χ1) is 7.82. The summed E-state index contributed by atoms with van der Waals surface area (Å²) in [6.07, 6.45) is 0. The second-order valence-electron chi connectivity index (χ2n) is 3.65. The Bertz CT molecular complexity index is 536. The molecular formula is C11H15NO4S. The van der Waals surface area contributed by atoms with Crippen LogP contribution >= 0.6 is 0 Å². The summed E-state index contributed by atoms with van der Waals surface area (Å²) in [4.78, 5) is 11.0. The van der Waals surface area contributed by atoms with Crippen molar-refractivity contribution in [2.75, 3.05) is 13.6 Å². The van der Waals surface area contributed by atoms with Gasteiger partial charge < -0.3 is 5.11 Å². The highest BCUT2D eigenvalue weighted by Crippen LogP contribution is 2.21. The van der Waals surface area contributed by atoms with Crippen LogP contribution in [0.3, 0.4) is 0 Å². The van der Waals surface area contributed by atoms with Crippen molar-refractivity contribution in [3.8, 4) is 0 Å². The van der Waals surface area contributed by atoms with E-state index in [1.54, 1.807) is 6.92 Å². The molecule has 0 aromatic heterocycles. The van der Waals surface area contributed by atoms with Gasteiger partial charge in [-0.1, -0.05) is 13.0 Å². The molecule has 1 rings (SSSR count). The molecule has 1 aromatic carbocycles. The first-order valence-corrected chi connectivity index (χ1v) is 6.55.